The summed E-state index contributed by atoms with van der Waals surface area (Å²) in [5.41, 5.74) is 1.67. The molecule has 1 heterocycles. The Kier molecular flexibility index (Phi) is 4.97. The molecule has 26 heavy (non-hydrogen) atoms. The number of aromatic nitrogens is 2. The van der Waals surface area contributed by atoms with Crippen LogP contribution in [0.4, 0.5) is 8.78 Å². The molecule has 0 spiro atoms. The van der Waals surface area contributed by atoms with E-state index in [4.69, 9.17) is 9.84 Å². The monoisotopic (exact) mass is 358 g/mol. The SMILES string of the molecule is Cc1cc(C(=O)O)nn1Cc1ccccc1OCc1ccc(F)cc1F. The lowest BCUT2D eigenvalue weighted by Gasteiger charge is -2.13. The summed E-state index contributed by atoms with van der Waals surface area (Å²) in [6.45, 7) is 2.01. The Morgan fingerprint density at radius 3 is 2.62 bits per heavy atom. The molecule has 0 radical (unpaired) electrons. The second-order valence-electron chi connectivity index (χ2n) is 5.77. The molecule has 0 aliphatic rings. The number of para-hydroxylation sites is 1. The number of benzene rings is 2. The van der Waals surface area contributed by atoms with Gasteiger partial charge in [-0.25, -0.2) is 13.6 Å². The minimum absolute atomic E-state index is 0.0331. The first-order valence-electron chi connectivity index (χ1n) is 7.86. The van der Waals surface area contributed by atoms with Crippen LogP contribution in [0.15, 0.2) is 48.5 Å². The van der Waals surface area contributed by atoms with Gasteiger partial charge in [0.25, 0.3) is 0 Å². The summed E-state index contributed by atoms with van der Waals surface area (Å²) in [4.78, 5) is 11.0. The van der Waals surface area contributed by atoms with Crippen LogP contribution in [0.1, 0.15) is 27.3 Å². The summed E-state index contributed by atoms with van der Waals surface area (Å²) in [6.07, 6.45) is 0. The zero-order chi connectivity index (χ0) is 18.7. The number of aryl methyl sites for hydroxylation is 1. The van der Waals surface area contributed by atoms with E-state index in [9.17, 15) is 13.6 Å². The highest BCUT2D eigenvalue weighted by molar-refractivity contribution is 5.85. The minimum Gasteiger partial charge on any atom is -0.488 e. The van der Waals surface area contributed by atoms with E-state index < -0.39 is 17.6 Å². The smallest absolute Gasteiger partial charge is 0.356 e. The molecule has 0 fully saturated rings. The molecule has 0 saturated heterocycles. The number of hydrogen-bond donors (Lipinski definition) is 1. The van der Waals surface area contributed by atoms with E-state index in [1.807, 2.05) is 12.1 Å². The van der Waals surface area contributed by atoms with E-state index in [1.54, 1.807) is 23.7 Å². The van der Waals surface area contributed by atoms with Gasteiger partial charge in [0.05, 0.1) is 6.54 Å². The number of carboxylic acids is 1. The third kappa shape index (κ3) is 3.88. The Labute approximate surface area is 148 Å². The fourth-order valence-corrected chi connectivity index (χ4v) is 2.51. The third-order valence-electron chi connectivity index (χ3n) is 3.89. The first kappa shape index (κ1) is 17.6. The average Bonchev–Trinajstić information content (AvgIpc) is 2.96. The van der Waals surface area contributed by atoms with Crippen molar-refractivity contribution in [2.24, 2.45) is 0 Å². The molecule has 0 amide bonds. The van der Waals surface area contributed by atoms with Crippen LogP contribution in [0.3, 0.4) is 0 Å². The van der Waals surface area contributed by atoms with Gasteiger partial charge in [-0.3, -0.25) is 4.68 Å². The Morgan fingerprint density at radius 1 is 1.15 bits per heavy atom. The van der Waals surface area contributed by atoms with Crippen molar-refractivity contribution in [1.82, 2.24) is 9.78 Å². The van der Waals surface area contributed by atoms with Crippen molar-refractivity contribution in [3.8, 4) is 5.75 Å². The lowest BCUT2D eigenvalue weighted by molar-refractivity contribution is 0.0689. The molecule has 2 aromatic carbocycles. The van der Waals surface area contributed by atoms with Gasteiger partial charge < -0.3 is 9.84 Å². The van der Waals surface area contributed by atoms with Gasteiger partial charge in [-0.15, -0.1) is 0 Å². The molecule has 1 aromatic heterocycles. The van der Waals surface area contributed by atoms with Crippen molar-refractivity contribution in [3.05, 3.63) is 82.7 Å². The Balaban J connectivity index is 1.79. The molecule has 0 bridgehead atoms. The van der Waals surface area contributed by atoms with Crippen LogP contribution in [0.25, 0.3) is 0 Å². The van der Waals surface area contributed by atoms with E-state index in [0.717, 1.165) is 11.6 Å². The molecule has 1 N–H and O–H groups in total. The number of carboxylic acid groups (broad SMARTS) is 1. The van der Waals surface area contributed by atoms with Gasteiger partial charge in [0.2, 0.25) is 0 Å². The predicted octanol–water partition coefficient (Wildman–Crippen LogP) is 3.80. The van der Waals surface area contributed by atoms with Crippen molar-refractivity contribution in [1.29, 1.82) is 0 Å². The van der Waals surface area contributed by atoms with Gasteiger partial charge in [-0.1, -0.05) is 18.2 Å². The van der Waals surface area contributed by atoms with Crippen LogP contribution in [0.2, 0.25) is 0 Å². The van der Waals surface area contributed by atoms with E-state index in [1.165, 1.54) is 18.2 Å². The maximum atomic E-state index is 13.7. The topological polar surface area (TPSA) is 64.3 Å². The molecule has 134 valence electrons. The van der Waals surface area contributed by atoms with Crippen molar-refractivity contribution in [3.63, 3.8) is 0 Å². The highest BCUT2D eigenvalue weighted by Crippen LogP contribution is 2.22. The Hall–Kier alpha value is -3.22. The lowest BCUT2D eigenvalue weighted by atomic mass is 10.2. The molecule has 5 nitrogen and oxygen atoms in total. The van der Waals surface area contributed by atoms with Gasteiger partial charge in [-0.2, -0.15) is 5.10 Å². The minimum atomic E-state index is -1.09. The van der Waals surface area contributed by atoms with E-state index in [2.05, 4.69) is 5.10 Å². The standard InChI is InChI=1S/C19H16F2N2O3/c1-12-8-17(19(24)25)22-23(12)10-13-4-2-3-5-18(13)26-11-14-6-7-15(20)9-16(14)21/h2-9H,10-11H2,1H3,(H,24,25). The molecule has 7 heteroatoms. The zero-order valence-corrected chi connectivity index (χ0v) is 13.9. The third-order valence-corrected chi connectivity index (χ3v) is 3.89. The van der Waals surface area contributed by atoms with Crippen LogP contribution in [-0.4, -0.2) is 20.9 Å². The van der Waals surface area contributed by atoms with Gasteiger partial charge in [0.15, 0.2) is 5.69 Å². The molecule has 0 aliphatic heterocycles. The van der Waals surface area contributed by atoms with Gasteiger partial charge in [0.1, 0.15) is 24.0 Å². The highest BCUT2D eigenvalue weighted by Gasteiger charge is 2.13. The van der Waals surface area contributed by atoms with E-state index in [-0.39, 0.29) is 17.9 Å². The molecular formula is C19H16F2N2O3. The number of aromatic carboxylic acids is 1. The van der Waals surface area contributed by atoms with Gasteiger partial charge >= 0.3 is 5.97 Å². The van der Waals surface area contributed by atoms with Crippen LogP contribution in [0.5, 0.6) is 5.75 Å². The fourth-order valence-electron chi connectivity index (χ4n) is 2.51. The molecule has 3 rings (SSSR count). The number of nitrogens with zero attached hydrogens (tertiary/aromatic N) is 2. The zero-order valence-electron chi connectivity index (χ0n) is 13.9. The van der Waals surface area contributed by atoms with Crippen LogP contribution in [-0.2, 0) is 13.2 Å². The highest BCUT2D eigenvalue weighted by atomic mass is 19.1. The molecule has 0 unspecified atom stereocenters. The predicted molar refractivity (Wildman–Crippen MR) is 90.2 cm³/mol. The second kappa shape index (κ2) is 7.35. The maximum absolute atomic E-state index is 13.7. The average molecular weight is 358 g/mol. The Morgan fingerprint density at radius 2 is 1.92 bits per heavy atom. The molecular weight excluding hydrogens is 342 g/mol. The number of rotatable bonds is 6. The maximum Gasteiger partial charge on any atom is 0.356 e. The van der Waals surface area contributed by atoms with Crippen molar-refractivity contribution >= 4 is 5.97 Å². The number of ether oxygens (including phenoxy) is 1. The summed E-state index contributed by atoms with van der Waals surface area (Å²) in [5, 5.41) is 13.1. The van der Waals surface area contributed by atoms with E-state index >= 15 is 0 Å². The summed E-state index contributed by atoms with van der Waals surface area (Å²) in [7, 11) is 0. The first-order chi connectivity index (χ1) is 12.4. The number of hydrogen-bond acceptors (Lipinski definition) is 3. The lowest BCUT2D eigenvalue weighted by Crippen LogP contribution is -2.08. The number of halogens is 2. The Bertz CT molecular complexity index is 954. The molecule has 0 saturated carbocycles. The largest absolute Gasteiger partial charge is 0.488 e. The summed E-state index contributed by atoms with van der Waals surface area (Å²) >= 11 is 0. The van der Waals surface area contributed by atoms with Crippen LogP contribution < -0.4 is 4.74 Å². The van der Waals surface area contributed by atoms with E-state index in [0.29, 0.717) is 18.0 Å². The quantitative estimate of drug-likeness (QED) is 0.728. The van der Waals surface area contributed by atoms with Crippen molar-refractivity contribution in [2.45, 2.75) is 20.1 Å². The van der Waals surface area contributed by atoms with Crippen LogP contribution in [0, 0.1) is 18.6 Å². The van der Waals surface area contributed by atoms with Gasteiger partial charge in [0, 0.05) is 22.9 Å². The number of carbonyl (C=O) groups is 1. The van der Waals surface area contributed by atoms with Crippen molar-refractivity contribution in [2.75, 3.05) is 0 Å². The van der Waals surface area contributed by atoms with Crippen LogP contribution >= 0.6 is 0 Å². The van der Waals surface area contributed by atoms with Gasteiger partial charge in [-0.05, 0) is 31.2 Å². The fraction of sp³-hybridized carbons (Fsp3) is 0.158. The van der Waals surface area contributed by atoms with Crippen molar-refractivity contribution < 1.29 is 23.4 Å². The summed E-state index contributed by atoms with van der Waals surface area (Å²) in [6, 6.07) is 11.9. The molecule has 3 aromatic rings. The summed E-state index contributed by atoms with van der Waals surface area (Å²) < 4.78 is 34.0. The summed E-state index contributed by atoms with van der Waals surface area (Å²) in [5.74, 6) is -1.89. The first-order valence-corrected chi connectivity index (χ1v) is 7.86. The molecule has 0 aliphatic carbocycles. The molecule has 0 atom stereocenters. The normalized spacial score (nSPS) is 10.7. The second-order valence-corrected chi connectivity index (χ2v) is 5.77.